The Bertz CT molecular complexity index is 7790. The highest BCUT2D eigenvalue weighted by Crippen LogP contribution is 2.51. The maximum Gasteiger partial charge on any atom is 0.252 e. The van der Waals surface area contributed by atoms with Crippen molar-refractivity contribution in [3.63, 3.8) is 0 Å². The van der Waals surface area contributed by atoms with Crippen LogP contribution in [0.1, 0.15) is 180 Å². The summed E-state index contributed by atoms with van der Waals surface area (Å²) in [7, 11) is 0. The van der Waals surface area contributed by atoms with Gasteiger partial charge in [0.15, 0.2) is 0 Å². The minimum atomic E-state index is -0.258. The minimum absolute atomic E-state index is 0.0566. The molecule has 0 atom stereocenters. The van der Waals surface area contributed by atoms with Gasteiger partial charge in [0, 0.05) is 115 Å². The number of anilines is 6. The maximum absolute atomic E-state index is 2.81. The Kier molecular flexibility index (Phi) is 21.3. The smallest absolute Gasteiger partial charge is 0.252 e. The molecule has 22 rings (SSSR count). The molecule has 676 valence electrons. The van der Waals surface area contributed by atoms with Crippen LogP contribution in [0.2, 0.25) is 0 Å². The zero-order valence-corrected chi connectivity index (χ0v) is 82.8. The summed E-state index contributed by atoms with van der Waals surface area (Å²) in [5, 5.41) is 7.59. The molecule has 7 heteroatoms. The first-order chi connectivity index (χ1) is 65.7. The lowest BCUT2D eigenvalue weighted by atomic mass is 9.33. The Morgan fingerprint density at radius 1 is 0.234 bits per heavy atom. The predicted octanol–water partition coefficient (Wildman–Crippen LogP) is 32.6. The summed E-state index contributed by atoms with van der Waals surface area (Å²) in [4.78, 5) is 8.18. The van der Waals surface area contributed by atoms with Crippen molar-refractivity contribution < 1.29 is 0 Å². The van der Waals surface area contributed by atoms with Crippen molar-refractivity contribution in [2.75, 3.05) is 14.7 Å². The average Bonchev–Trinajstić information content (AvgIpc) is 1.29. The molecule has 0 unspecified atom stereocenters. The van der Waals surface area contributed by atoms with Gasteiger partial charge in [-0.15, -0.1) is 0 Å². The number of benzene rings is 17. The topological polar surface area (TPSA) is 24.5 Å². The third kappa shape index (κ3) is 15.8. The fourth-order valence-corrected chi connectivity index (χ4v) is 22.0. The van der Waals surface area contributed by atoms with E-state index in [4.69, 9.17) is 0 Å². The van der Waals surface area contributed by atoms with Gasteiger partial charge in [-0.3, -0.25) is 0 Å². The van der Waals surface area contributed by atoms with E-state index in [0.717, 1.165) is 22.7 Å². The van der Waals surface area contributed by atoms with Crippen LogP contribution in [0, 0.1) is 0 Å². The second-order valence-corrected chi connectivity index (χ2v) is 45.0. The van der Waals surface area contributed by atoms with E-state index in [1.54, 1.807) is 0 Å². The fraction of sp³-hybridized carbons (Fsp3) is 0.215. The molecule has 2 aliphatic rings. The van der Waals surface area contributed by atoms with Crippen LogP contribution in [-0.4, -0.2) is 20.4 Å². The van der Waals surface area contributed by atoms with Gasteiger partial charge in [-0.05, 0) is 276 Å². The van der Waals surface area contributed by atoms with E-state index in [0.29, 0.717) is 26.2 Å². The van der Waals surface area contributed by atoms with Crippen LogP contribution >= 0.6 is 0 Å². The van der Waals surface area contributed by atoms with E-state index in [9.17, 15) is 0 Å². The highest BCUT2D eigenvalue weighted by Gasteiger charge is 2.45. The molecule has 5 heterocycles. The summed E-state index contributed by atoms with van der Waals surface area (Å²) >= 11 is 0. The molecule has 0 saturated carbocycles. The number of aromatic nitrogens is 3. The van der Waals surface area contributed by atoms with Crippen LogP contribution < -0.4 is 31.1 Å². The molecular formula is C130H123BN6. The van der Waals surface area contributed by atoms with Crippen LogP contribution in [0.4, 0.5) is 34.1 Å². The van der Waals surface area contributed by atoms with Gasteiger partial charge in [0.25, 0.3) is 6.71 Å². The molecule has 3 aromatic heterocycles. The molecule has 17 aromatic carbocycles. The van der Waals surface area contributed by atoms with Gasteiger partial charge in [-0.2, -0.15) is 0 Å². The lowest BCUT2D eigenvalue weighted by Gasteiger charge is -2.45. The predicted molar refractivity (Wildman–Crippen MR) is 588 cm³/mol. The lowest BCUT2D eigenvalue weighted by molar-refractivity contribution is 0.590. The first-order valence-electron chi connectivity index (χ1n) is 49.3. The Hall–Kier alpha value is -14.4. The first-order valence-corrected chi connectivity index (χ1v) is 49.3. The van der Waals surface area contributed by atoms with Gasteiger partial charge in [-0.25, -0.2) is 0 Å². The van der Waals surface area contributed by atoms with Gasteiger partial charge in [0.2, 0.25) is 0 Å². The number of nitrogens with zero attached hydrogens (tertiary/aromatic N) is 6. The van der Waals surface area contributed by atoms with E-state index < -0.39 is 0 Å². The zero-order valence-electron chi connectivity index (χ0n) is 82.8. The second-order valence-electron chi connectivity index (χ2n) is 45.0. The average molecular weight is 1780 g/mol. The summed E-state index contributed by atoms with van der Waals surface area (Å²) in [5.74, 6) is 0. The van der Waals surface area contributed by atoms with E-state index >= 15 is 0 Å². The summed E-state index contributed by atoms with van der Waals surface area (Å²) in [6.45, 7) is 44.4. The van der Waals surface area contributed by atoms with Crippen molar-refractivity contribution in [3.8, 4) is 55.9 Å². The normalized spacial score (nSPS) is 13.1. The van der Waals surface area contributed by atoms with E-state index in [-0.39, 0.29) is 39.2 Å². The molecule has 20 aromatic rings. The highest BCUT2D eigenvalue weighted by atomic mass is 15.2. The summed E-state index contributed by atoms with van der Waals surface area (Å²) in [6, 6.07) is 143. The Morgan fingerprint density at radius 2 is 0.547 bits per heavy atom. The second kappa shape index (κ2) is 33.3. The van der Waals surface area contributed by atoms with Crippen molar-refractivity contribution in [2.45, 2.75) is 183 Å². The summed E-state index contributed by atoms with van der Waals surface area (Å²) in [6.07, 6.45) is 0. The van der Waals surface area contributed by atoms with Gasteiger partial charge in [0.1, 0.15) is 0 Å². The molecule has 6 nitrogen and oxygen atoms in total. The van der Waals surface area contributed by atoms with Crippen LogP contribution in [0.5, 0.6) is 0 Å². The third-order valence-electron chi connectivity index (χ3n) is 29.7. The number of para-hydroxylation sites is 3. The number of fused-ring (bicyclic) bond motifs is 13. The molecule has 2 aliphatic heterocycles. The monoisotopic (exact) mass is 1780 g/mol. The number of hydrogen-bond donors (Lipinski definition) is 0. The standard InChI is InChI=1S/C130H123BN6/c1-125(2,3)90-53-64-114-106(71-90)107-72-91(126(4,5)6)54-65-115(107)133(114)80-84-52-62-112-120(68-84)134(82-110-102(86-38-24-19-25-39-86)75-94(129(13,14)15)76-103(110)87-40-26-20-27-41-87)122-69-85(81-132(96-46-32-23-33-47-96)97-57-59-98(60-58-97)136-116-50-36-34-48-100(116)101-49-35-37-51-117(101)136)70-123-124(122)131(112)113-63-61-99(137-118-66-55-92(127(7,8)9)73-108(118)109-74-93(128(10,11)12)56-67-119(109)137)79-121(113)135(123)83-111-104(88-42-28-21-29-43-88)77-95(130(16,17)18)78-105(111)89-44-30-22-31-45-89/h19-79H,80-83H2,1-18H3. The van der Waals surface area contributed by atoms with E-state index in [2.05, 4.69) is 523 Å². The zero-order chi connectivity index (χ0) is 94.7. The van der Waals surface area contributed by atoms with Crippen molar-refractivity contribution >= 4 is 123 Å². The number of rotatable bonds is 16. The molecule has 0 spiro atoms. The summed E-state index contributed by atoms with van der Waals surface area (Å²) < 4.78 is 7.66. The SMILES string of the molecule is CC(C)(C)c1cc(-c2ccccc2)c(CN2c3cc(Cn4c5ccc(C(C)(C)C)cc5c5cc(C(C)(C)C)ccc54)ccc3B3c4ccc(-n5c6ccc(C(C)(C)C)cc6c6cc(C(C)(C)C)ccc65)cc4N(Cc4c(-c5ccccc5)cc(C(C)(C)C)cc4-c4ccccc4)c4cc(CN(c5ccccc5)c5ccc(-n6c7ccccc7c7ccccc76)cc5)cc2c43)c(-c2ccccc2)c1. The van der Waals surface area contributed by atoms with Crippen molar-refractivity contribution in [1.82, 2.24) is 13.7 Å². The molecule has 0 fully saturated rings. The third-order valence-corrected chi connectivity index (χ3v) is 29.7. The van der Waals surface area contributed by atoms with E-state index in [1.807, 2.05) is 0 Å². The van der Waals surface area contributed by atoms with E-state index in [1.165, 1.54) is 205 Å². The quantitative estimate of drug-likeness (QED) is 0.0901. The molecule has 137 heavy (non-hydrogen) atoms. The van der Waals surface area contributed by atoms with Crippen molar-refractivity contribution in [2.24, 2.45) is 0 Å². The number of hydrogen-bond acceptors (Lipinski definition) is 3. The molecule has 0 amide bonds. The summed E-state index contributed by atoms with van der Waals surface area (Å²) in [5.41, 5.74) is 41.9. The maximum atomic E-state index is 2.81. The van der Waals surface area contributed by atoms with Crippen LogP contribution in [0.15, 0.2) is 370 Å². The largest absolute Gasteiger partial charge is 0.338 e. The van der Waals surface area contributed by atoms with Gasteiger partial charge < -0.3 is 28.4 Å². The Morgan fingerprint density at radius 3 is 0.942 bits per heavy atom. The Balaban J connectivity index is 0.858. The lowest BCUT2D eigenvalue weighted by Crippen LogP contribution is -2.62. The molecule has 0 aliphatic carbocycles. The van der Waals surface area contributed by atoms with Crippen LogP contribution in [0.3, 0.4) is 0 Å². The highest BCUT2D eigenvalue weighted by molar-refractivity contribution is 7.00. The fourth-order valence-electron chi connectivity index (χ4n) is 22.0. The van der Waals surface area contributed by atoms with Gasteiger partial charge in [-0.1, -0.05) is 367 Å². The van der Waals surface area contributed by atoms with Gasteiger partial charge in [0.05, 0.1) is 22.1 Å². The molecule has 0 N–H and O–H groups in total. The minimum Gasteiger partial charge on any atom is -0.338 e. The van der Waals surface area contributed by atoms with Crippen molar-refractivity contribution in [1.29, 1.82) is 0 Å². The molecule has 0 radical (unpaired) electrons. The first kappa shape index (κ1) is 87.9. The molecule has 0 bridgehead atoms. The van der Waals surface area contributed by atoms with Crippen molar-refractivity contribution in [3.05, 3.63) is 426 Å². The Labute approximate surface area is 810 Å². The molecule has 0 saturated heterocycles. The molecular weight excluding hydrogens is 1660 g/mol. The van der Waals surface area contributed by atoms with Crippen LogP contribution in [0.25, 0.3) is 121 Å². The van der Waals surface area contributed by atoms with Crippen LogP contribution in [-0.2, 0) is 58.7 Å². The van der Waals surface area contributed by atoms with Gasteiger partial charge >= 0.3 is 0 Å².